The monoisotopic (exact) mass is 317 g/mol. The van der Waals surface area contributed by atoms with Gasteiger partial charge in [0.05, 0.1) is 5.69 Å². The quantitative estimate of drug-likeness (QED) is 0.914. The molecule has 1 aromatic carbocycles. The van der Waals surface area contributed by atoms with E-state index in [1.807, 2.05) is 12.1 Å². The summed E-state index contributed by atoms with van der Waals surface area (Å²) in [6, 6.07) is 9.60. The zero-order valence-electron chi connectivity index (χ0n) is 12.3. The highest BCUT2D eigenvalue weighted by Gasteiger charge is 2.15. The Morgan fingerprint density at radius 1 is 1.23 bits per heavy atom. The van der Waals surface area contributed by atoms with Crippen LogP contribution in [-0.4, -0.2) is 10.9 Å². The molecule has 0 bridgehead atoms. The highest BCUT2D eigenvalue weighted by atomic mass is 35.5. The first-order valence-electron chi connectivity index (χ1n) is 7.35. The van der Waals surface area contributed by atoms with Gasteiger partial charge in [-0.05, 0) is 55.0 Å². The Labute approximate surface area is 136 Å². The minimum atomic E-state index is -0.105. The van der Waals surface area contributed by atoms with E-state index in [-0.39, 0.29) is 18.3 Å². The van der Waals surface area contributed by atoms with E-state index in [4.69, 9.17) is 5.73 Å². The van der Waals surface area contributed by atoms with E-state index in [0.717, 1.165) is 24.2 Å². The van der Waals surface area contributed by atoms with Crippen molar-refractivity contribution in [2.45, 2.75) is 32.2 Å². The number of nitrogens with one attached hydrogen (secondary N) is 1. The molecule has 0 spiro atoms. The maximum Gasteiger partial charge on any atom is 0.255 e. The summed E-state index contributed by atoms with van der Waals surface area (Å²) in [6.07, 6.45) is 6.18. The second-order valence-electron chi connectivity index (χ2n) is 5.34. The lowest BCUT2D eigenvalue weighted by Gasteiger charge is -2.19. The van der Waals surface area contributed by atoms with E-state index in [1.54, 1.807) is 18.3 Å². The maximum atomic E-state index is 12.4. The number of fused-ring (bicyclic) bond motifs is 1. The van der Waals surface area contributed by atoms with Crippen LogP contribution in [0.4, 0.5) is 5.69 Å². The number of aryl methyl sites for hydroxylation is 1. The highest BCUT2D eigenvalue weighted by Crippen LogP contribution is 2.28. The SMILES string of the molecule is Cl.NCc1cc(C(=O)Nc2cccc3c2CCCC3)ccn1. The first-order chi connectivity index (χ1) is 10.3. The van der Waals surface area contributed by atoms with Gasteiger partial charge in [-0.15, -0.1) is 12.4 Å². The number of amides is 1. The fraction of sp³-hybridized carbons (Fsp3) is 0.294. The molecule has 1 aromatic heterocycles. The Balaban J connectivity index is 0.00000176. The lowest BCUT2D eigenvalue weighted by atomic mass is 9.90. The zero-order valence-corrected chi connectivity index (χ0v) is 13.2. The fourth-order valence-corrected chi connectivity index (χ4v) is 2.82. The van der Waals surface area contributed by atoms with E-state index < -0.39 is 0 Å². The third kappa shape index (κ3) is 3.46. The van der Waals surface area contributed by atoms with Crippen LogP contribution >= 0.6 is 12.4 Å². The first kappa shape index (κ1) is 16.5. The van der Waals surface area contributed by atoms with Crippen molar-refractivity contribution in [3.63, 3.8) is 0 Å². The number of aromatic nitrogens is 1. The van der Waals surface area contributed by atoms with Crippen LogP contribution in [0.5, 0.6) is 0 Å². The van der Waals surface area contributed by atoms with E-state index in [1.165, 1.54) is 24.0 Å². The topological polar surface area (TPSA) is 68.0 Å². The second-order valence-corrected chi connectivity index (χ2v) is 5.34. The Kier molecular flexibility index (Phi) is 5.52. The van der Waals surface area contributed by atoms with Crippen LogP contribution in [0.15, 0.2) is 36.5 Å². The molecule has 4 nitrogen and oxygen atoms in total. The summed E-state index contributed by atoms with van der Waals surface area (Å²) in [7, 11) is 0. The maximum absolute atomic E-state index is 12.4. The number of pyridine rings is 1. The Bertz CT molecular complexity index is 673. The van der Waals surface area contributed by atoms with Crippen LogP contribution in [0, 0.1) is 0 Å². The number of carbonyl (C=O) groups is 1. The van der Waals surface area contributed by atoms with E-state index >= 15 is 0 Å². The molecule has 1 aliphatic carbocycles. The van der Waals surface area contributed by atoms with E-state index in [2.05, 4.69) is 16.4 Å². The average molecular weight is 318 g/mol. The van der Waals surface area contributed by atoms with Crippen LogP contribution in [0.25, 0.3) is 0 Å². The summed E-state index contributed by atoms with van der Waals surface area (Å²) < 4.78 is 0. The van der Waals surface area contributed by atoms with Crippen LogP contribution in [0.1, 0.15) is 40.0 Å². The molecule has 3 rings (SSSR count). The van der Waals surface area contributed by atoms with Crippen LogP contribution < -0.4 is 11.1 Å². The van der Waals surface area contributed by atoms with Crippen molar-refractivity contribution in [3.05, 3.63) is 58.9 Å². The molecule has 0 atom stereocenters. The summed E-state index contributed by atoms with van der Waals surface area (Å²) in [5, 5.41) is 3.03. The van der Waals surface area contributed by atoms with Gasteiger partial charge in [0.15, 0.2) is 0 Å². The average Bonchev–Trinajstić information content (AvgIpc) is 2.55. The Morgan fingerprint density at radius 2 is 2.05 bits per heavy atom. The van der Waals surface area contributed by atoms with Crippen molar-refractivity contribution in [1.29, 1.82) is 0 Å². The van der Waals surface area contributed by atoms with Crippen molar-refractivity contribution < 1.29 is 4.79 Å². The number of rotatable bonds is 3. The van der Waals surface area contributed by atoms with Crippen molar-refractivity contribution >= 4 is 24.0 Å². The van der Waals surface area contributed by atoms with E-state index in [9.17, 15) is 4.79 Å². The Morgan fingerprint density at radius 3 is 2.86 bits per heavy atom. The van der Waals surface area contributed by atoms with Crippen molar-refractivity contribution in [2.75, 3.05) is 5.32 Å². The smallest absolute Gasteiger partial charge is 0.255 e. The van der Waals surface area contributed by atoms with Gasteiger partial charge in [-0.3, -0.25) is 9.78 Å². The molecule has 0 fully saturated rings. The lowest BCUT2D eigenvalue weighted by Crippen LogP contribution is -2.16. The van der Waals surface area contributed by atoms with Crippen molar-refractivity contribution in [3.8, 4) is 0 Å². The number of benzene rings is 1. The number of hydrogen-bond donors (Lipinski definition) is 2. The summed E-state index contributed by atoms with van der Waals surface area (Å²) >= 11 is 0. The number of hydrogen-bond acceptors (Lipinski definition) is 3. The molecule has 22 heavy (non-hydrogen) atoms. The molecule has 0 radical (unpaired) electrons. The van der Waals surface area contributed by atoms with Gasteiger partial charge < -0.3 is 11.1 Å². The normalized spacial score (nSPS) is 13.0. The van der Waals surface area contributed by atoms with Gasteiger partial charge in [-0.2, -0.15) is 0 Å². The summed E-state index contributed by atoms with van der Waals surface area (Å²) in [5.41, 5.74) is 10.5. The molecule has 3 N–H and O–H groups in total. The molecule has 0 aliphatic heterocycles. The van der Waals surface area contributed by atoms with Crippen LogP contribution in [0.2, 0.25) is 0 Å². The van der Waals surface area contributed by atoms with Crippen molar-refractivity contribution in [2.24, 2.45) is 5.73 Å². The molecule has 1 heterocycles. The molecule has 5 heteroatoms. The summed E-state index contributed by atoms with van der Waals surface area (Å²) in [5.74, 6) is -0.105. The predicted octanol–water partition coefficient (Wildman–Crippen LogP) is 3.09. The number of carbonyl (C=O) groups excluding carboxylic acids is 1. The standard InChI is InChI=1S/C17H19N3O.ClH/c18-11-14-10-13(8-9-19-14)17(21)20-16-7-3-5-12-4-1-2-6-15(12)16;/h3,5,7-10H,1-2,4,6,11,18H2,(H,20,21);1H. The third-order valence-electron chi connectivity index (χ3n) is 3.93. The molecule has 2 aromatic rings. The largest absolute Gasteiger partial charge is 0.325 e. The van der Waals surface area contributed by atoms with Gasteiger partial charge in [0.1, 0.15) is 0 Å². The molecule has 0 unspecified atom stereocenters. The van der Waals surface area contributed by atoms with Gasteiger partial charge in [0, 0.05) is 24.0 Å². The number of nitrogens with zero attached hydrogens (tertiary/aromatic N) is 1. The Hall–Kier alpha value is -1.91. The first-order valence-corrected chi connectivity index (χ1v) is 7.35. The summed E-state index contributed by atoms with van der Waals surface area (Å²) in [6.45, 7) is 0.335. The van der Waals surface area contributed by atoms with Crippen LogP contribution in [0.3, 0.4) is 0 Å². The summed E-state index contributed by atoms with van der Waals surface area (Å²) in [4.78, 5) is 16.5. The molecule has 1 aliphatic rings. The third-order valence-corrected chi connectivity index (χ3v) is 3.93. The number of nitrogens with two attached hydrogens (primary N) is 1. The van der Waals surface area contributed by atoms with Gasteiger partial charge in [0.2, 0.25) is 0 Å². The molecule has 1 amide bonds. The molecular weight excluding hydrogens is 298 g/mol. The highest BCUT2D eigenvalue weighted by molar-refractivity contribution is 6.04. The molecule has 0 saturated heterocycles. The van der Waals surface area contributed by atoms with Crippen molar-refractivity contribution in [1.82, 2.24) is 4.98 Å². The minimum Gasteiger partial charge on any atom is -0.325 e. The molecular formula is C17H20ClN3O. The predicted molar refractivity (Wildman–Crippen MR) is 90.4 cm³/mol. The fourth-order valence-electron chi connectivity index (χ4n) is 2.82. The van der Waals surface area contributed by atoms with Crippen LogP contribution in [-0.2, 0) is 19.4 Å². The number of anilines is 1. The van der Waals surface area contributed by atoms with Gasteiger partial charge in [0.25, 0.3) is 5.91 Å². The molecule has 116 valence electrons. The minimum absolute atomic E-state index is 0. The lowest BCUT2D eigenvalue weighted by molar-refractivity contribution is 0.102. The molecule has 0 saturated carbocycles. The zero-order chi connectivity index (χ0) is 14.7. The number of halogens is 1. The van der Waals surface area contributed by atoms with E-state index in [0.29, 0.717) is 12.1 Å². The van der Waals surface area contributed by atoms with Gasteiger partial charge in [-0.1, -0.05) is 12.1 Å². The van der Waals surface area contributed by atoms with Gasteiger partial charge >= 0.3 is 0 Å². The van der Waals surface area contributed by atoms with Gasteiger partial charge in [-0.25, -0.2) is 0 Å². The second kappa shape index (κ2) is 7.38.